The molecular formula is C12H18FN. The summed E-state index contributed by atoms with van der Waals surface area (Å²) in [6.07, 6.45) is 1.65. The lowest BCUT2D eigenvalue weighted by molar-refractivity contribution is 0.542. The molecule has 0 radical (unpaired) electrons. The maximum atomic E-state index is 13.6. The molecule has 0 spiro atoms. The highest BCUT2D eigenvalue weighted by atomic mass is 19.1. The molecule has 1 aromatic heterocycles. The van der Waals surface area contributed by atoms with Crippen LogP contribution in [0.3, 0.4) is 0 Å². The lowest BCUT2D eigenvalue weighted by Gasteiger charge is -2.18. The second kappa shape index (κ2) is 3.68. The van der Waals surface area contributed by atoms with E-state index < -0.39 is 0 Å². The van der Waals surface area contributed by atoms with Crippen molar-refractivity contribution in [3.63, 3.8) is 0 Å². The number of pyridine rings is 1. The fraction of sp³-hybridized carbons (Fsp3) is 0.583. The third-order valence-corrected chi connectivity index (χ3v) is 2.27. The molecule has 1 rings (SSSR count). The van der Waals surface area contributed by atoms with Gasteiger partial charge in [-0.15, -0.1) is 0 Å². The summed E-state index contributed by atoms with van der Waals surface area (Å²) in [7, 11) is 0. The van der Waals surface area contributed by atoms with Gasteiger partial charge in [-0.25, -0.2) is 4.39 Å². The maximum Gasteiger partial charge on any atom is 0.130 e. The molecule has 0 N–H and O–H groups in total. The fourth-order valence-corrected chi connectivity index (χ4v) is 1.28. The molecule has 0 aliphatic rings. The van der Waals surface area contributed by atoms with E-state index >= 15 is 0 Å². The zero-order valence-corrected chi connectivity index (χ0v) is 9.56. The molecule has 0 atom stereocenters. The van der Waals surface area contributed by atoms with Crippen LogP contribution in [0.2, 0.25) is 0 Å². The van der Waals surface area contributed by atoms with E-state index in [2.05, 4.69) is 4.98 Å². The fourth-order valence-electron chi connectivity index (χ4n) is 1.28. The standard InChI is InChI=1S/C12H18FN/c1-8(2)9-7-14-11(6-10(9)13)12(3,4)5/h6-8H,1-5H3. The SMILES string of the molecule is CC(C)c1cnc(C(C)(C)C)cc1F. The first-order chi connectivity index (χ1) is 6.32. The molecule has 0 saturated heterocycles. The summed E-state index contributed by atoms with van der Waals surface area (Å²) < 4.78 is 13.6. The Morgan fingerprint density at radius 3 is 2.21 bits per heavy atom. The van der Waals surface area contributed by atoms with Crippen LogP contribution in [0.25, 0.3) is 0 Å². The summed E-state index contributed by atoms with van der Waals surface area (Å²) in [6.45, 7) is 10.0. The van der Waals surface area contributed by atoms with Crippen LogP contribution in [0.5, 0.6) is 0 Å². The third kappa shape index (κ3) is 2.31. The molecule has 78 valence electrons. The van der Waals surface area contributed by atoms with Crippen LogP contribution in [-0.4, -0.2) is 4.98 Å². The minimum Gasteiger partial charge on any atom is -0.260 e. The smallest absolute Gasteiger partial charge is 0.130 e. The molecular weight excluding hydrogens is 177 g/mol. The molecule has 2 heteroatoms. The molecule has 0 amide bonds. The van der Waals surface area contributed by atoms with Gasteiger partial charge in [-0.3, -0.25) is 4.98 Å². The van der Waals surface area contributed by atoms with Gasteiger partial charge >= 0.3 is 0 Å². The van der Waals surface area contributed by atoms with Gasteiger partial charge in [0.2, 0.25) is 0 Å². The van der Waals surface area contributed by atoms with Crippen molar-refractivity contribution < 1.29 is 4.39 Å². The molecule has 0 aliphatic heterocycles. The largest absolute Gasteiger partial charge is 0.260 e. The lowest BCUT2D eigenvalue weighted by Crippen LogP contribution is -2.14. The minimum absolute atomic E-state index is 0.0870. The second-order valence-electron chi connectivity index (χ2n) is 5.00. The van der Waals surface area contributed by atoms with Gasteiger partial charge in [-0.05, 0) is 12.0 Å². The monoisotopic (exact) mass is 195 g/mol. The van der Waals surface area contributed by atoms with Gasteiger partial charge in [0.25, 0.3) is 0 Å². The second-order valence-corrected chi connectivity index (χ2v) is 5.00. The number of hydrogen-bond donors (Lipinski definition) is 0. The van der Waals surface area contributed by atoms with Gasteiger partial charge in [0.05, 0.1) is 0 Å². The van der Waals surface area contributed by atoms with E-state index in [1.807, 2.05) is 34.6 Å². The maximum absolute atomic E-state index is 13.6. The van der Waals surface area contributed by atoms with Crippen LogP contribution < -0.4 is 0 Å². The summed E-state index contributed by atoms with van der Waals surface area (Å²) in [6, 6.07) is 1.55. The first-order valence-corrected chi connectivity index (χ1v) is 4.98. The van der Waals surface area contributed by atoms with Crippen LogP contribution in [-0.2, 0) is 5.41 Å². The first-order valence-electron chi connectivity index (χ1n) is 4.98. The van der Waals surface area contributed by atoms with Crippen LogP contribution in [0.1, 0.15) is 51.8 Å². The molecule has 1 heterocycles. The van der Waals surface area contributed by atoms with E-state index in [-0.39, 0.29) is 17.2 Å². The summed E-state index contributed by atoms with van der Waals surface area (Å²) in [4.78, 5) is 4.29. The molecule has 0 saturated carbocycles. The van der Waals surface area contributed by atoms with E-state index in [1.165, 1.54) is 0 Å². The summed E-state index contributed by atoms with van der Waals surface area (Å²) in [5.74, 6) is 0.0523. The lowest BCUT2D eigenvalue weighted by atomic mass is 9.90. The number of rotatable bonds is 1. The zero-order valence-electron chi connectivity index (χ0n) is 9.56. The molecule has 0 fully saturated rings. The number of nitrogens with zero attached hydrogens (tertiary/aromatic N) is 1. The predicted molar refractivity (Wildman–Crippen MR) is 57.0 cm³/mol. The molecule has 1 aromatic rings. The van der Waals surface area contributed by atoms with E-state index in [4.69, 9.17) is 0 Å². The van der Waals surface area contributed by atoms with Crippen molar-refractivity contribution in [2.45, 2.75) is 46.0 Å². The van der Waals surface area contributed by atoms with Crippen LogP contribution in [0, 0.1) is 5.82 Å². The normalized spacial score (nSPS) is 12.2. The summed E-state index contributed by atoms with van der Waals surface area (Å²) in [5.41, 5.74) is 1.41. The molecule has 14 heavy (non-hydrogen) atoms. The number of halogens is 1. The van der Waals surface area contributed by atoms with Crippen molar-refractivity contribution in [3.05, 3.63) is 29.3 Å². The average Bonchev–Trinajstić information content (AvgIpc) is 2.01. The Morgan fingerprint density at radius 1 is 1.29 bits per heavy atom. The minimum atomic E-state index is -0.139. The number of hydrogen-bond acceptors (Lipinski definition) is 1. The van der Waals surface area contributed by atoms with Gasteiger partial charge in [0.1, 0.15) is 5.82 Å². The average molecular weight is 195 g/mol. The first kappa shape index (κ1) is 11.2. The summed E-state index contributed by atoms with van der Waals surface area (Å²) in [5, 5.41) is 0. The van der Waals surface area contributed by atoms with Gasteiger partial charge < -0.3 is 0 Å². The Balaban J connectivity index is 3.13. The van der Waals surface area contributed by atoms with Crippen molar-refractivity contribution in [1.82, 2.24) is 4.98 Å². The quantitative estimate of drug-likeness (QED) is 0.666. The Bertz CT molecular complexity index is 324. The van der Waals surface area contributed by atoms with E-state index in [0.717, 1.165) is 5.69 Å². The highest BCUT2D eigenvalue weighted by Gasteiger charge is 2.17. The molecule has 0 bridgehead atoms. The van der Waals surface area contributed by atoms with Gasteiger partial charge in [0, 0.05) is 22.9 Å². The highest BCUT2D eigenvalue weighted by Crippen LogP contribution is 2.24. The third-order valence-electron chi connectivity index (χ3n) is 2.27. The van der Waals surface area contributed by atoms with Gasteiger partial charge in [-0.2, -0.15) is 0 Å². The van der Waals surface area contributed by atoms with Crippen molar-refractivity contribution in [2.24, 2.45) is 0 Å². The highest BCUT2D eigenvalue weighted by molar-refractivity contribution is 5.23. The van der Waals surface area contributed by atoms with Crippen LogP contribution >= 0.6 is 0 Å². The molecule has 1 nitrogen and oxygen atoms in total. The number of aromatic nitrogens is 1. The van der Waals surface area contributed by atoms with Crippen molar-refractivity contribution >= 4 is 0 Å². The predicted octanol–water partition coefficient (Wildman–Crippen LogP) is 3.64. The van der Waals surface area contributed by atoms with Crippen LogP contribution in [0.4, 0.5) is 4.39 Å². The summed E-state index contributed by atoms with van der Waals surface area (Å²) >= 11 is 0. The van der Waals surface area contributed by atoms with Gasteiger partial charge in [-0.1, -0.05) is 34.6 Å². The van der Waals surface area contributed by atoms with Crippen molar-refractivity contribution in [2.75, 3.05) is 0 Å². The molecule has 0 aliphatic carbocycles. The molecule has 0 aromatic carbocycles. The van der Waals surface area contributed by atoms with Gasteiger partial charge in [0.15, 0.2) is 0 Å². The van der Waals surface area contributed by atoms with E-state index in [0.29, 0.717) is 5.56 Å². The Kier molecular flexibility index (Phi) is 2.93. The Labute approximate surface area is 85.4 Å². The van der Waals surface area contributed by atoms with Crippen molar-refractivity contribution in [1.29, 1.82) is 0 Å². The Morgan fingerprint density at radius 2 is 1.86 bits per heavy atom. The van der Waals surface area contributed by atoms with E-state index in [1.54, 1.807) is 12.3 Å². The van der Waals surface area contributed by atoms with Crippen molar-refractivity contribution in [3.8, 4) is 0 Å². The topological polar surface area (TPSA) is 12.9 Å². The Hall–Kier alpha value is -0.920. The molecule has 0 unspecified atom stereocenters. The van der Waals surface area contributed by atoms with Crippen LogP contribution in [0.15, 0.2) is 12.3 Å². The zero-order chi connectivity index (χ0) is 10.9. The van der Waals surface area contributed by atoms with E-state index in [9.17, 15) is 4.39 Å².